The van der Waals surface area contributed by atoms with Crippen molar-refractivity contribution in [2.24, 2.45) is 0 Å². The molecule has 3 heterocycles. The Morgan fingerprint density at radius 2 is 2.26 bits per heavy atom. The summed E-state index contributed by atoms with van der Waals surface area (Å²) < 4.78 is 5.43. The summed E-state index contributed by atoms with van der Waals surface area (Å²) in [5.74, 6) is 1.38. The number of likely N-dealkylation sites (tertiary alicyclic amines) is 1. The lowest BCUT2D eigenvalue weighted by Gasteiger charge is -2.30. The summed E-state index contributed by atoms with van der Waals surface area (Å²) in [6.07, 6.45) is 2.22. The fourth-order valence-electron chi connectivity index (χ4n) is 3.50. The molecule has 1 saturated heterocycles. The van der Waals surface area contributed by atoms with Crippen LogP contribution >= 0.6 is 11.3 Å². The number of aromatic nitrogens is 3. The summed E-state index contributed by atoms with van der Waals surface area (Å²) in [7, 11) is 0. The Hall–Kier alpha value is -2.61. The maximum absolute atomic E-state index is 12.3. The number of nitrogens with one attached hydrogen (secondary N) is 2. The van der Waals surface area contributed by atoms with Crippen LogP contribution < -0.4 is 10.6 Å². The molecule has 1 fully saturated rings. The molecule has 0 aliphatic carbocycles. The van der Waals surface area contributed by atoms with Crippen molar-refractivity contribution in [2.75, 3.05) is 38.1 Å². The Bertz CT molecular complexity index is 925. The summed E-state index contributed by atoms with van der Waals surface area (Å²) in [6, 6.07) is 4.17. The van der Waals surface area contributed by atoms with Crippen molar-refractivity contribution >= 4 is 28.2 Å². The average Bonchev–Trinajstić information content (AvgIpc) is 3.19. The monoisotopic (exact) mass is 443 g/mol. The topological polar surface area (TPSA) is 116 Å². The predicted molar refractivity (Wildman–Crippen MR) is 120 cm³/mol. The highest BCUT2D eigenvalue weighted by Crippen LogP contribution is 2.28. The number of hydrogen-bond acceptors (Lipinski definition) is 9. The smallest absolute Gasteiger partial charge is 0.270 e. The minimum Gasteiger partial charge on any atom is -0.377 e. The Labute approximate surface area is 186 Å². The number of aryl methyl sites for hydroxylation is 1. The summed E-state index contributed by atoms with van der Waals surface area (Å²) in [6.45, 7) is 8.90. The first-order valence-corrected chi connectivity index (χ1v) is 11.4. The summed E-state index contributed by atoms with van der Waals surface area (Å²) in [4.78, 5) is 27.9. The zero-order chi connectivity index (χ0) is 22.2. The number of ether oxygens (including phenoxy) is 1. The van der Waals surface area contributed by atoms with E-state index in [1.54, 1.807) is 5.38 Å². The van der Waals surface area contributed by atoms with Crippen molar-refractivity contribution in [3.8, 4) is 6.07 Å². The maximum Gasteiger partial charge on any atom is 0.270 e. The molecule has 1 amide bonds. The van der Waals surface area contributed by atoms with E-state index >= 15 is 0 Å². The first-order valence-electron chi connectivity index (χ1n) is 10.5. The summed E-state index contributed by atoms with van der Waals surface area (Å²) in [5.41, 5.74) is 1.33. The van der Waals surface area contributed by atoms with E-state index in [4.69, 9.17) is 10.00 Å². The van der Waals surface area contributed by atoms with Gasteiger partial charge in [-0.3, -0.25) is 9.69 Å². The van der Waals surface area contributed by atoms with Gasteiger partial charge >= 0.3 is 0 Å². The minimum atomic E-state index is -0.226. The van der Waals surface area contributed by atoms with Crippen molar-refractivity contribution in [3.63, 3.8) is 0 Å². The first-order chi connectivity index (χ1) is 14.9. The van der Waals surface area contributed by atoms with Gasteiger partial charge in [-0.05, 0) is 40.2 Å². The van der Waals surface area contributed by atoms with Gasteiger partial charge in [0.05, 0.1) is 31.0 Å². The van der Waals surface area contributed by atoms with Crippen LogP contribution in [0.1, 0.15) is 54.6 Å². The molecule has 1 atom stereocenters. The molecule has 2 aromatic heterocycles. The highest BCUT2D eigenvalue weighted by atomic mass is 32.1. The molecule has 0 aromatic carbocycles. The highest BCUT2D eigenvalue weighted by Gasteiger charge is 2.23. The van der Waals surface area contributed by atoms with Crippen molar-refractivity contribution in [2.45, 2.75) is 45.6 Å². The number of carbonyl (C=O) groups is 1. The van der Waals surface area contributed by atoms with Crippen molar-refractivity contribution in [1.29, 1.82) is 5.26 Å². The molecule has 31 heavy (non-hydrogen) atoms. The molecule has 0 spiro atoms. The van der Waals surface area contributed by atoms with Gasteiger partial charge in [0, 0.05) is 30.5 Å². The molecule has 0 saturated carbocycles. The number of rotatable bonds is 9. The van der Waals surface area contributed by atoms with Crippen LogP contribution in [0, 0.1) is 18.3 Å². The van der Waals surface area contributed by atoms with Gasteiger partial charge in [0.25, 0.3) is 5.91 Å². The lowest BCUT2D eigenvalue weighted by atomic mass is 9.94. The molecule has 0 unspecified atom stereocenters. The third kappa shape index (κ3) is 6.95. The van der Waals surface area contributed by atoms with E-state index in [0.717, 1.165) is 31.6 Å². The van der Waals surface area contributed by atoms with E-state index < -0.39 is 0 Å². The van der Waals surface area contributed by atoms with E-state index in [0.29, 0.717) is 42.2 Å². The first kappa shape index (κ1) is 23.1. The van der Waals surface area contributed by atoms with Gasteiger partial charge in [0.1, 0.15) is 17.3 Å². The van der Waals surface area contributed by atoms with Gasteiger partial charge in [-0.15, -0.1) is 11.3 Å². The molecule has 166 valence electrons. The maximum atomic E-state index is 12.3. The lowest BCUT2D eigenvalue weighted by molar-refractivity contribution is 0.0745. The standard InChI is InChI=1S/C21H29N7O2S/c1-14(2)30-10-7-23-20(29)18-13-31-21(26-18)27-19-11-17(24-15(3)25-19)16-5-4-8-28(12-16)9-6-22/h11,13-14,16H,4-5,7-10,12H2,1-3H3,(H,23,29)(H,24,25,26,27)/t16-/m1/s1. The van der Waals surface area contributed by atoms with Gasteiger partial charge in [-0.1, -0.05) is 0 Å². The summed E-state index contributed by atoms with van der Waals surface area (Å²) >= 11 is 1.35. The largest absolute Gasteiger partial charge is 0.377 e. The predicted octanol–water partition coefficient (Wildman–Crippen LogP) is 2.84. The van der Waals surface area contributed by atoms with Gasteiger partial charge < -0.3 is 15.4 Å². The summed E-state index contributed by atoms with van der Waals surface area (Å²) in [5, 5.41) is 17.3. The molecule has 9 nitrogen and oxygen atoms in total. The van der Waals surface area contributed by atoms with E-state index in [-0.39, 0.29) is 17.9 Å². The number of carbonyl (C=O) groups excluding carboxylic acids is 1. The van der Waals surface area contributed by atoms with Crippen LogP contribution in [-0.4, -0.2) is 64.6 Å². The number of nitriles is 1. The number of nitrogens with zero attached hydrogens (tertiary/aromatic N) is 5. The second-order valence-electron chi connectivity index (χ2n) is 7.80. The highest BCUT2D eigenvalue weighted by molar-refractivity contribution is 7.14. The van der Waals surface area contributed by atoms with Crippen molar-refractivity contribution in [1.82, 2.24) is 25.2 Å². The zero-order valence-corrected chi connectivity index (χ0v) is 19.0. The molecule has 3 rings (SSSR count). The average molecular weight is 444 g/mol. The number of amides is 1. The third-order valence-corrected chi connectivity index (χ3v) is 5.64. The molecule has 2 N–H and O–H groups in total. The van der Waals surface area contributed by atoms with Crippen molar-refractivity contribution in [3.05, 3.63) is 28.7 Å². The molecule has 1 aliphatic heterocycles. The van der Waals surface area contributed by atoms with Gasteiger partial charge in [0.2, 0.25) is 0 Å². The van der Waals surface area contributed by atoms with Gasteiger partial charge in [0.15, 0.2) is 5.13 Å². The SMILES string of the molecule is Cc1nc(Nc2nc(C(=O)NCCOC(C)C)cs2)cc([C@@H]2CCCN(CC#N)C2)n1. The molecular formula is C21H29N7O2S. The Morgan fingerprint density at radius 1 is 1.42 bits per heavy atom. The van der Waals surface area contributed by atoms with E-state index in [1.807, 2.05) is 26.8 Å². The minimum absolute atomic E-state index is 0.135. The van der Waals surface area contributed by atoms with Crippen LogP contribution in [0.15, 0.2) is 11.4 Å². The second kappa shape index (κ2) is 11.1. The molecule has 10 heteroatoms. The van der Waals surface area contributed by atoms with Crippen molar-refractivity contribution < 1.29 is 9.53 Å². The van der Waals surface area contributed by atoms with E-state index in [2.05, 4.69) is 36.6 Å². The second-order valence-corrected chi connectivity index (χ2v) is 8.65. The quantitative estimate of drug-likeness (QED) is 0.449. The fourth-order valence-corrected chi connectivity index (χ4v) is 4.20. The number of piperidine rings is 1. The van der Waals surface area contributed by atoms with Crippen LogP contribution in [0.3, 0.4) is 0 Å². The van der Waals surface area contributed by atoms with Crippen LogP contribution in [0.25, 0.3) is 0 Å². The van der Waals surface area contributed by atoms with Gasteiger partial charge in [-0.25, -0.2) is 15.0 Å². The number of thiazole rings is 1. The van der Waals surface area contributed by atoms with Crippen LogP contribution in [0.5, 0.6) is 0 Å². The van der Waals surface area contributed by atoms with Crippen LogP contribution in [0.2, 0.25) is 0 Å². The van der Waals surface area contributed by atoms with E-state index in [1.165, 1.54) is 11.3 Å². The van der Waals surface area contributed by atoms with Crippen LogP contribution in [0.4, 0.5) is 10.9 Å². The normalized spacial score (nSPS) is 16.8. The Kier molecular flexibility index (Phi) is 8.28. The third-order valence-electron chi connectivity index (χ3n) is 4.89. The molecule has 0 bridgehead atoms. The fraction of sp³-hybridized carbons (Fsp3) is 0.571. The number of anilines is 2. The molecule has 0 radical (unpaired) electrons. The molecule has 2 aromatic rings. The van der Waals surface area contributed by atoms with Gasteiger partial charge in [-0.2, -0.15) is 5.26 Å². The van der Waals surface area contributed by atoms with Crippen LogP contribution in [-0.2, 0) is 4.74 Å². The lowest BCUT2D eigenvalue weighted by Crippen LogP contribution is -2.35. The number of hydrogen-bond donors (Lipinski definition) is 2. The molecule has 1 aliphatic rings. The molecular weight excluding hydrogens is 414 g/mol. The Morgan fingerprint density at radius 3 is 3.03 bits per heavy atom. The van der Waals surface area contributed by atoms with E-state index in [9.17, 15) is 4.79 Å². The zero-order valence-electron chi connectivity index (χ0n) is 18.2. The Balaban J connectivity index is 1.62.